The van der Waals surface area contributed by atoms with Crippen molar-refractivity contribution >= 4 is 21.4 Å². The van der Waals surface area contributed by atoms with Crippen LogP contribution in [-0.4, -0.2) is 24.2 Å². The Balaban J connectivity index is 1.99. The third kappa shape index (κ3) is 4.63. The number of nitrogens with zero attached hydrogens (tertiary/aromatic N) is 2. The Morgan fingerprint density at radius 1 is 1.29 bits per heavy atom. The lowest BCUT2D eigenvalue weighted by Gasteiger charge is -2.05. The van der Waals surface area contributed by atoms with Crippen molar-refractivity contribution in [3.63, 3.8) is 0 Å². The summed E-state index contributed by atoms with van der Waals surface area (Å²) in [6, 6.07) is 5.64. The number of hydrogen-bond donors (Lipinski definition) is 2. The standard InChI is InChI=1S/C13H20N4O2S2/c1-10(2)14-9-12-4-5-13(20-12)21(18,19)15-8-11-6-7-17(3)16-11/h4-7,10,14-15H,8-9H2,1-3H3. The summed E-state index contributed by atoms with van der Waals surface area (Å²) in [6.45, 7) is 4.98. The second-order valence-electron chi connectivity index (χ2n) is 5.06. The van der Waals surface area contributed by atoms with Crippen molar-refractivity contribution in [3.05, 3.63) is 35.0 Å². The molecule has 0 amide bonds. The van der Waals surface area contributed by atoms with Gasteiger partial charge < -0.3 is 5.32 Å². The van der Waals surface area contributed by atoms with E-state index < -0.39 is 10.0 Å². The Hall–Kier alpha value is -1.22. The predicted molar refractivity (Wildman–Crippen MR) is 83.5 cm³/mol. The highest BCUT2D eigenvalue weighted by Gasteiger charge is 2.17. The van der Waals surface area contributed by atoms with Crippen molar-refractivity contribution in [2.45, 2.75) is 37.2 Å². The molecular formula is C13H20N4O2S2. The summed E-state index contributed by atoms with van der Waals surface area (Å²) in [6.07, 6.45) is 1.78. The number of nitrogens with one attached hydrogen (secondary N) is 2. The van der Waals surface area contributed by atoms with Crippen molar-refractivity contribution in [2.24, 2.45) is 7.05 Å². The van der Waals surface area contributed by atoms with Crippen molar-refractivity contribution in [3.8, 4) is 0 Å². The van der Waals surface area contributed by atoms with E-state index in [1.54, 1.807) is 30.1 Å². The van der Waals surface area contributed by atoms with Crippen LogP contribution in [0.25, 0.3) is 0 Å². The number of aryl methyl sites for hydroxylation is 1. The fourth-order valence-electron chi connectivity index (χ4n) is 1.70. The largest absolute Gasteiger partial charge is 0.310 e. The number of thiophene rings is 1. The normalized spacial score (nSPS) is 12.2. The van der Waals surface area contributed by atoms with Gasteiger partial charge in [0.05, 0.1) is 12.2 Å². The molecule has 0 aromatic carbocycles. The highest BCUT2D eigenvalue weighted by molar-refractivity contribution is 7.91. The van der Waals surface area contributed by atoms with Crippen LogP contribution in [0, 0.1) is 0 Å². The molecule has 0 fully saturated rings. The molecule has 0 bridgehead atoms. The van der Waals surface area contributed by atoms with Gasteiger partial charge in [-0.15, -0.1) is 11.3 Å². The summed E-state index contributed by atoms with van der Waals surface area (Å²) in [5, 5.41) is 7.41. The third-order valence-electron chi connectivity index (χ3n) is 2.80. The molecule has 2 aromatic heterocycles. The zero-order chi connectivity index (χ0) is 15.5. The number of sulfonamides is 1. The maximum absolute atomic E-state index is 12.2. The second-order valence-corrected chi connectivity index (χ2v) is 8.22. The van der Waals surface area contributed by atoms with Crippen LogP contribution in [0.5, 0.6) is 0 Å². The van der Waals surface area contributed by atoms with Crippen molar-refractivity contribution in [1.82, 2.24) is 19.8 Å². The Kier molecular flexibility index (Phi) is 5.15. The van der Waals surface area contributed by atoms with E-state index in [1.807, 2.05) is 6.07 Å². The number of rotatable bonds is 7. The van der Waals surface area contributed by atoms with Crippen LogP contribution in [-0.2, 0) is 30.2 Å². The Bertz CT molecular complexity index is 689. The molecule has 116 valence electrons. The maximum atomic E-state index is 12.2. The molecule has 0 aliphatic rings. The summed E-state index contributed by atoms with van der Waals surface area (Å²) < 4.78 is 29.0. The first kappa shape index (κ1) is 16.2. The van der Waals surface area contributed by atoms with Gasteiger partial charge in [-0.25, -0.2) is 13.1 Å². The second kappa shape index (κ2) is 6.69. The topological polar surface area (TPSA) is 76.0 Å². The molecule has 0 spiro atoms. The lowest BCUT2D eigenvalue weighted by molar-refractivity contribution is 0.581. The highest BCUT2D eigenvalue weighted by Crippen LogP contribution is 2.21. The molecule has 2 rings (SSSR count). The first-order valence-corrected chi connectivity index (χ1v) is 8.97. The SMILES string of the molecule is CC(C)NCc1ccc(S(=O)(=O)NCc2ccn(C)n2)s1. The van der Waals surface area contributed by atoms with Gasteiger partial charge in [0.15, 0.2) is 0 Å². The van der Waals surface area contributed by atoms with E-state index in [2.05, 4.69) is 29.0 Å². The molecule has 0 saturated carbocycles. The van der Waals surface area contributed by atoms with E-state index in [4.69, 9.17) is 0 Å². The van der Waals surface area contributed by atoms with Gasteiger partial charge in [0, 0.05) is 30.7 Å². The molecule has 0 aliphatic carbocycles. The molecule has 0 unspecified atom stereocenters. The Morgan fingerprint density at radius 2 is 2.05 bits per heavy atom. The highest BCUT2D eigenvalue weighted by atomic mass is 32.2. The zero-order valence-electron chi connectivity index (χ0n) is 12.3. The predicted octanol–water partition coefficient (Wildman–Crippen LogP) is 1.46. The van der Waals surface area contributed by atoms with E-state index in [0.29, 0.717) is 22.5 Å². The Morgan fingerprint density at radius 3 is 2.67 bits per heavy atom. The van der Waals surface area contributed by atoms with Gasteiger partial charge in [-0.2, -0.15) is 5.10 Å². The van der Waals surface area contributed by atoms with E-state index in [-0.39, 0.29) is 6.54 Å². The molecule has 2 aromatic rings. The van der Waals surface area contributed by atoms with E-state index in [0.717, 1.165) is 4.88 Å². The minimum absolute atomic E-state index is 0.195. The van der Waals surface area contributed by atoms with Crippen LogP contribution in [0.1, 0.15) is 24.4 Å². The maximum Gasteiger partial charge on any atom is 0.250 e. The average molecular weight is 328 g/mol. The molecular weight excluding hydrogens is 308 g/mol. The molecule has 0 radical (unpaired) electrons. The fraction of sp³-hybridized carbons (Fsp3) is 0.462. The molecule has 8 heteroatoms. The molecule has 6 nitrogen and oxygen atoms in total. The average Bonchev–Trinajstić information content (AvgIpc) is 3.03. The van der Waals surface area contributed by atoms with E-state index in [1.165, 1.54) is 11.3 Å². The first-order valence-electron chi connectivity index (χ1n) is 6.67. The molecule has 21 heavy (non-hydrogen) atoms. The van der Waals surface area contributed by atoms with Gasteiger partial charge in [-0.3, -0.25) is 4.68 Å². The smallest absolute Gasteiger partial charge is 0.250 e. The van der Waals surface area contributed by atoms with Crippen LogP contribution in [0.3, 0.4) is 0 Å². The quantitative estimate of drug-likeness (QED) is 0.807. The van der Waals surface area contributed by atoms with E-state index >= 15 is 0 Å². The van der Waals surface area contributed by atoms with Crippen LogP contribution in [0.2, 0.25) is 0 Å². The van der Waals surface area contributed by atoms with Crippen molar-refractivity contribution in [1.29, 1.82) is 0 Å². The van der Waals surface area contributed by atoms with Crippen molar-refractivity contribution in [2.75, 3.05) is 0 Å². The lowest BCUT2D eigenvalue weighted by Crippen LogP contribution is -2.22. The number of aromatic nitrogens is 2. The molecule has 0 saturated heterocycles. The zero-order valence-corrected chi connectivity index (χ0v) is 14.0. The molecule has 0 aliphatic heterocycles. The van der Waals surface area contributed by atoms with Crippen LogP contribution < -0.4 is 10.0 Å². The summed E-state index contributed by atoms with van der Waals surface area (Å²) in [4.78, 5) is 1.00. The van der Waals surface area contributed by atoms with E-state index in [9.17, 15) is 8.42 Å². The van der Waals surface area contributed by atoms with Gasteiger partial charge in [0.1, 0.15) is 4.21 Å². The Labute approximate surface area is 129 Å². The van der Waals surface area contributed by atoms with Gasteiger partial charge in [-0.1, -0.05) is 13.8 Å². The van der Waals surface area contributed by atoms with Gasteiger partial charge in [-0.05, 0) is 18.2 Å². The fourth-order valence-corrected chi connectivity index (χ4v) is 4.05. The van der Waals surface area contributed by atoms with Crippen molar-refractivity contribution < 1.29 is 8.42 Å². The molecule has 2 N–H and O–H groups in total. The minimum Gasteiger partial charge on any atom is -0.310 e. The minimum atomic E-state index is -3.48. The van der Waals surface area contributed by atoms with Crippen LogP contribution in [0.4, 0.5) is 0 Å². The van der Waals surface area contributed by atoms with Gasteiger partial charge in [0.2, 0.25) is 10.0 Å². The molecule has 2 heterocycles. The molecule has 0 atom stereocenters. The lowest BCUT2D eigenvalue weighted by atomic mass is 10.4. The van der Waals surface area contributed by atoms with Gasteiger partial charge in [0.25, 0.3) is 0 Å². The summed E-state index contributed by atoms with van der Waals surface area (Å²) in [7, 11) is -1.68. The summed E-state index contributed by atoms with van der Waals surface area (Å²) in [5.74, 6) is 0. The number of hydrogen-bond acceptors (Lipinski definition) is 5. The summed E-state index contributed by atoms with van der Waals surface area (Å²) >= 11 is 1.28. The van der Waals surface area contributed by atoms with Crippen LogP contribution >= 0.6 is 11.3 Å². The third-order valence-corrected chi connectivity index (χ3v) is 5.78. The van der Waals surface area contributed by atoms with Crippen LogP contribution in [0.15, 0.2) is 28.6 Å². The monoisotopic (exact) mass is 328 g/mol. The summed E-state index contributed by atoms with van der Waals surface area (Å²) in [5.41, 5.74) is 0.694. The van der Waals surface area contributed by atoms with Gasteiger partial charge >= 0.3 is 0 Å². The first-order chi connectivity index (χ1) is 9.87.